The Kier molecular flexibility index (Phi) is 5.85. The lowest BCUT2D eigenvalue weighted by Gasteiger charge is -2.15. The first-order chi connectivity index (χ1) is 14.2. The second kappa shape index (κ2) is 8.69. The molecular formula is C22H24N4O2S. The molecule has 0 aliphatic heterocycles. The van der Waals surface area contributed by atoms with Crippen LogP contribution in [0.15, 0.2) is 59.8 Å². The van der Waals surface area contributed by atoms with Crippen LogP contribution in [0.25, 0.3) is 5.69 Å². The highest BCUT2D eigenvalue weighted by molar-refractivity contribution is 8.00. The molecule has 6 nitrogen and oxygen atoms in total. The molecule has 1 aromatic heterocycles. The lowest BCUT2D eigenvalue weighted by molar-refractivity contribution is -0.115. The maximum atomic E-state index is 12.8. The van der Waals surface area contributed by atoms with Gasteiger partial charge in [0, 0.05) is 11.6 Å². The predicted octanol–water partition coefficient (Wildman–Crippen LogP) is 4.66. The number of para-hydroxylation sites is 3. The zero-order valence-electron chi connectivity index (χ0n) is 16.5. The van der Waals surface area contributed by atoms with Crippen LogP contribution in [0.5, 0.6) is 5.75 Å². The number of carbonyl (C=O) groups excluding carboxylic acids is 1. The fourth-order valence-corrected chi connectivity index (χ4v) is 3.96. The number of carbonyl (C=O) groups is 1. The van der Waals surface area contributed by atoms with Crippen molar-refractivity contribution in [3.05, 3.63) is 60.4 Å². The molecule has 4 rings (SSSR count). The Bertz CT molecular complexity index is 985. The smallest absolute Gasteiger partial charge is 0.237 e. The van der Waals surface area contributed by atoms with Crippen LogP contribution in [-0.2, 0) is 4.79 Å². The number of ether oxygens (including phenoxy) is 1. The van der Waals surface area contributed by atoms with Crippen molar-refractivity contribution in [1.29, 1.82) is 0 Å². The number of nitrogens with zero attached hydrogens (tertiary/aromatic N) is 3. The van der Waals surface area contributed by atoms with Gasteiger partial charge in [-0.2, -0.15) is 0 Å². The van der Waals surface area contributed by atoms with Crippen molar-refractivity contribution in [1.82, 2.24) is 14.8 Å². The van der Waals surface area contributed by atoms with Crippen molar-refractivity contribution < 1.29 is 9.53 Å². The summed E-state index contributed by atoms with van der Waals surface area (Å²) in [6.07, 6.45) is 2.28. The van der Waals surface area contributed by atoms with Crippen LogP contribution in [-0.4, -0.2) is 32.5 Å². The van der Waals surface area contributed by atoms with Crippen LogP contribution in [0.3, 0.4) is 0 Å². The van der Waals surface area contributed by atoms with Gasteiger partial charge in [0.05, 0.1) is 17.5 Å². The molecule has 0 spiro atoms. The van der Waals surface area contributed by atoms with Crippen molar-refractivity contribution in [3.63, 3.8) is 0 Å². The van der Waals surface area contributed by atoms with Gasteiger partial charge in [-0.25, -0.2) is 0 Å². The number of rotatable bonds is 8. The van der Waals surface area contributed by atoms with Crippen LogP contribution >= 0.6 is 11.8 Å². The lowest BCUT2D eigenvalue weighted by Crippen LogP contribution is -2.23. The largest absolute Gasteiger partial charge is 0.492 e. The molecule has 0 saturated heterocycles. The van der Waals surface area contributed by atoms with Crippen molar-refractivity contribution in [2.45, 2.75) is 43.0 Å². The maximum absolute atomic E-state index is 12.8. The van der Waals surface area contributed by atoms with Crippen LogP contribution in [0.2, 0.25) is 0 Å². The topological polar surface area (TPSA) is 69.0 Å². The summed E-state index contributed by atoms with van der Waals surface area (Å²) in [4.78, 5) is 12.8. The summed E-state index contributed by atoms with van der Waals surface area (Å²) in [5.41, 5.74) is 1.70. The Morgan fingerprint density at radius 2 is 1.90 bits per heavy atom. The van der Waals surface area contributed by atoms with Crippen molar-refractivity contribution in [3.8, 4) is 11.4 Å². The Balaban J connectivity index is 1.53. The Morgan fingerprint density at radius 1 is 1.17 bits per heavy atom. The van der Waals surface area contributed by atoms with Crippen molar-refractivity contribution in [2.24, 2.45) is 0 Å². The van der Waals surface area contributed by atoms with Gasteiger partial charge >= 0.3 is 0 Å². The second-order valence-corrected chi connectivity index (χ2v) is 8.27. The average Bonchev–Trinajstić information content (AvgIpc) is 3.50. The number of hydrogen-bond acceptors (Lipinski definition) is 5. The summed E-state index contributed by atoms with van der Waals surface area (Å²) in [5, 5.41) is 12.2. The highest BCUT2D eigenvalue weighted by atomic mass is 32.2. The summed E-state index contributed by atoms with van der Waals surface area (Å²) >= 11 is 1.41. The maximum Gasteiger partial charge on any atom is 0.237 e. The average molecular weight is 409 g/mol. The fraction of sp³-hybridized carbons (Fsp3) is 0.318. The molecule has 1 fully saturated rings. The van der Waals surface area contributed by atoms with Crippen LogP contribution in [0.4, 0.5) is 5.69 Å². The zero-order valence-corrected chi connectivity index (χ0v) is 17.4. The molecule has 1 atom stereocenters. The number of nitrogens with one attached hydrogen (secondary N) is 1. The first-order valence-electron chi connectivity index (χ1n) is 9.87. The molecule has 2 aromatic carbocycles. The van der Waals surface area contributed by atoms with E-state index in [0.717, 1.165) is 29.5 Å². The molecule has 1 amide bonds. The second-order valence-electron chi connectivity index (χ2n) is 6.96. The first kappa shape index (κ1) is 19.5. The molecule has 1 saturated carbocycles. The van der Waals surface area contributed by atoms with E-state index in [1.807, 2.05) is 68.4 Å². The molecule has 3 aromatic rings. The van der Waals surface area contributed by atoms with Gasteiger partial charge in [-0.1, -0.05) is 42.1 Å². The van der Waals surface area contributed by atoms with Gasteiger partial charge in [0.1, 0.15) is 11.6 Å². The minimum absolute atomic E-state index is 0.0993. The standard InChI is InChI=1S/C22H24N4O2S/c1-3-28-19-12-8-7-11-18(19)23-21(27)15(2)29-22-25-24-20(16-13-14-16)26(22)17-9-5-4-6-10-17/h4-12,15-16H,3,13-14H2,1-2H3,(H,23,27)/t15-/m0/s1. The summed E-state index contributed by atoms with van der Waals surface area (Å²) in [7, 11) is 0. The fourth-order valence-electron chi connectivity index (χ4n) is 3.08. The van der Waals surface area contributed by atoms with Crippen LogP contribution in [0, 0.1) is 0 Å². The quantitative estimate of drug-likeness (QED) is 0.549. The third kappa shape index (κ3) is 4.45. The Labute approximate surface area is 174 Å². The van der Waals surface area contributed by atoms with Gasteiger partial charge < -0.3 is 10.1 Å². The molecule has 1 aliphatic rings. The molecule has 1 heterocycles. The summed E-state index contributed by atoms with van der Waals surface area (Å²) in [6, 6.07) is 17.5. The van der Waals surface area contributed by atoms with Gasteiger partial charge in [-0.3, -0.25) is 9.36 Å². The summed E-state index contributed by atoms with van der Waals surface area (Å²) in [6.45, 7) is 4.34. The molecule has 0 radical (unpaired) electrons. The number of anilines is 1. The lowest BCUT2D eigenvalue weighted by atomic mass is 10.3. The summed E-state index contributed by atoms with van der Waals surface area (Å²) in [5.74, 6) is 2.01. The van der Waals surface area contributed by atoms with E-state index in [0.29, 0.717) is 24.0 Å². The zero-order chi connectivity index (χ0) is 20.2. The van der Waals surface area contributed by atoms with Crippen molar-refractivity contribution >= 4 is 23.4 Å². The Morgan fingerprint density at radius 3 is 2.62 bits per heavy atom. The minimum atomic E-state index is -0.344. The third-order valence-electron chi connectivity index (χ3n) is 4.71. The van der Waals surface area contributed by atoms with Crippen molar-refractivity contribution in [2.75, 3.05) is 11.9 Å². The third-order valence-corrected chi connectivity index (χ3v) is 5.75. The van der Waals surface area contributed by atoms with Gasteiger partial charge in [0.15, 0.2) is 5.16 Å². The summed E-state index contributed by atoms with van der Waals surface area (Å²) < 4.78 is 7.69. The first-order valence-corrected chi connectivity index (χ1v) is 10.8. The number of hydrogen-bond donors (Lipinski definition) is 1. The molecule has 150 valence electrons. The van der Waals surface area contributed by atoms with Gasteiger partial charge in [-0.05, 0) is 51.0 Å². The number of amides is 1. The van der Waals surface area contributed by atoms with Gasteiger partial charge in [0.2, 0.25) is 5.91 Å². The molecule has 29 heavy (non-hydrogen) atoms. The van der Waals surface area contributed by atoms with E-state index in [9.17, 15) is 4.79 Å². The highest BCUT2D eigenvalue weighted by Gasteiger charge is 2.32. The number of aromatic nitrogens is 3. The van der Waals surface area contributed by atoms with E-state index in [2.05, 4.69) is 20.1 Å². The van der Waals surface area contributed by atoms with E-state index >= 15 is 0 Å². The molecule has 0 unspecified atom stereocenters. The van der Waals surface area contributed by atoms with E-state index < -0.39 is 0 Å². The monoisotopic (exact) mass is 408 g/mol. The predicted molar refractivity (Wildman–Crippen MR) is 115 cm³/mol. The van der Waals surface area contributed by atoms with E-state index in [-0.39, 0.29) is 11.2 Å². The van der Waals surface area contributed by atoms with E-state index in [1.165, 1.54) is 11.8 Å². The molecule has 1 N–H and O–H groups in total. The Hall–Kier alpha value is -2.80. The van der Waals surface area contributed by atoms with Crippen LogP contribution < -0.4 is 10.1 Å². The highest BCUT2D eigenvalue weighted by Crippen LogP contribution is 2.41. The number of thioether (sulfide) groups is 1. The van der Waals surface area contributed by atoms with Gasteiger partial charge in [-0.15, -0.1) is 10.2 Å². The van der Waals surface area contributed by atoms with Gasteiger partial charge in [0.25, 0.3) is 0 Å². The molecule has 1 aliphatic carbocycles. The SMILES string of the molecule is CCOc1ccccc1NC(=O)[C@H](C)Sc1nnc(C2CC2)n1-c1ccccc1. The molecule has 0 bridgehead atoms. The number of benzene rings is 2. The minimum Gasteiger partial charge on any atom is -0.492 e. The normalized spacial score (nSPS) is 14.4. The molecular weight excluding hydrogens is 384 g/mol. The molecule has 7 heteroatoms. The van der Waals surface area contributed by atoms with Crippen LogP contribution in [0.1, 0.15) is 38.4 Å². The van der Waals surface area contributed by atoms with E-state index in [1.54, 1.807) is 0 Å². The van der Waals surface area contributed by atoms with E-state index in [4.69, 9.17) is 4.74 Å².